The molecule has 1 fully saturated rings. The summed E-state index contributed by atoms with van der Waals surface area (Å²) in [4.78, 5) is 16.7. The van der Waals surface area contributed by atoms with Gasteiger partial charge >= 0.3 is 0 Å². The van der Waals surface area contributed by atoms with Crippen LogP contribution in [0.15, 0.2) is 12.5 Å². The maximum absolute atomic E-state index is 12.5. The maximum atomic E-state index is 12.5. The molecule has 2 atom stereocenters. The first-order chi connectivity index (χ1) is 11.0. The molecular formula is C15H24N4O3S. The van der Waals surface area contributed by atoms with Crippen LogP contribution in [0.3, 0.4) is 0 Å². The van der Waals surface area contributed by atoms with E-state index in [1.165, 1.54) is 10.00 Å². The zero-order valence-electron chi connectivity index (χ0n) is 13.4. The third-order valence-corrected chi connectivity index (χ3v) is 6.67. The number of hydrogen-bond donors (Lipinski definition) is 1. The van der Waals surface area contributed by atoms with Crippen LogP contribution in [-0.2, 0) is 27.8 Å². The molecule has 1 amide bonds. The summed E-state index contributed by atoms with van der Waals surface area (Å²) in [6.45, 7) is 3.22. The third-order valence-electron chi connectivity index (χ3n) is 4.82. The highest BCUT2D eigenvalue weighted by Crippen LogP contribution is 2.21. The number of imidazole rings is 1. The van der Waals surface area contributed by atoms with E-state index in [4.69, 9.17) is 0 Å². The number of amides is 1. The van der Waals surface area contributed by atoms with Crippen molar-refractivity contribution in [1.82, 2.24) is 19.2 Å². The number of hydrogen-bond acceptors (Lipinski definition) is 4. The number of carbonyl (C=O) groups is 1. The minimum atomic E-state index is -3.21. The van der Waals surface area contributed by atoms with Crippen LogP contribution in [0.25, 0.3) is 0 Å². The molecular weight excluding hydrogens is 316 g/mol. The number of nitrogens with zero attached hydrogens (tertiary/aromatic N) is 3. The molecule has 128 valence electrons. The lowest BCUT2D eigenvalue weighted by molar-refractivity contribution is -0.127. The Bertz CT molecular complexity index is 670. The van der Waals surface area contributed by atoms with Crippen molar-refractivity contribution in [3.05, 3.63) is 18.2 Å². The summed E-state index contributed by atoms with van der Waals surface area (Å²) in [5, 5.41) is 3.10. The smallest absolute Gasteiger partial charge is 0.224 e. The van der Waals surface area contributed by atoms with Gasteiger partial charge in [-0.05, 0) is 32.6 Å². The molecule has 3 rings (SSSR count). The molecule has 1 aromatic rings. The quantitative estimate of drug-likeness (QED) is 0.858. The fourth-order valence-electron chi connectivity index (χ4n) is 3.40. The summed E-state index contributed by atoms with van der Waals surface area (Å²) < 4.78 is 27.5. The molecule has 8 heteroatoms. The van der Waals surface area contributed by atoms with Crippen molar-refractivity contribution >= 4 is 15.9 Å². The van der Waals surface area contributed by atoms with E-state index in [1.807, 2.05) is 6.20 Å². The largest absolute Gasteiger partial charge is 0.351 e. The van der Waals surface area contributed by atoms with Crippen molar-refractivity contribution < 1.29 is 13.2 Å². The SMILES string of the molecule is CCS(=O)(=O)N1CCCC(C(=O)NC2CCc3cncn3C2)C1. The second-order valence-corrected chi connectivity index (χ2v) is 8.64. The molecule has 1 aromatic heterocycles. The van der Waals surface area contributed by atoms with Gasteiger partial charge in [-0.3, -0.25) is 4.79 Å². The van der Waals surface area contributed by atoms with E-state index >= 15 is 0 Å². The van der Waals surface area contributed by atoms with E-state index in [0.29, 0.717) is 13.1 Å². The normalized spacial score (nSPS) is 25.8. The number of aromatic nitrogens is 2. The Morgan fingerprint density at radius 2 is 2.22 bits per heavy atom. The Morgan fingerprint density at radius 3 is 3.00 bits per heavy atom. The lowest BCUT2D eigenvalue weighted by atomic mass is 9.97. The van der Waals surface area contributed by atoms with Crippen LogP contribution < -0.4 is 5.32 Å². The Balaban J connectivity index is 1.58. The van der Waals surface area contributed by atoms with Crippen LogP contribution in [0.2, 0.25) is 0 Å². The standard InChI is InChI=1S/C15H24N4O3S/c1-2-23(21,22)19-7-3-4-12(9-19)15(20)17-13-5-6-14-8-16-11-18(14)10-13/h8,11-13H,2-7,9-10H2,1H3,(H,17,20). The van der Waals surface area contributed by atoms with Crippen LogP contribution in [0.1, 0.15) is 31.9 Å². The van der Waals surface area contributed by atoms with E-state index in [0.717, 1.165) is 32.2 Å². The molecule has 0 aromatic carbocycles. The highest BCUT2D eigenvalue weighted by molar-refractivity contribution is 7.89. The average molecular weight is 340 g/mol. The average Bonchev–Trinajstić information content (AvgIpc) is 3.02. The Kier molecular flexibility index (Phi) is 4.72. The number of carbonyl (C=O) groups excluding carboxylic acids is 1. The van der Waals surface area contributed by atoms with Crippen molar-refractivity contribution in [3.63, 3.8) is 0 Å². The van der Waals surface area contributed by atoms with Crippen molar-refractivity contribution in [2.24, 2.45) is 5.92 Å². The molecule has 23 heavy (non-hydrogen) atoms. The summed E-state index contributed by atoms with van der Waals surface area (Å²) in [5.74, 6) is -0.170. The van der Waals surface area contributed by atoms with Crippen molar-refractivity contribution in [2.75, 3.05) is 18.8 Å². The lowest BCUT2D eigenvalue weighted by Crippen LogP contribution is -2.49. The van der Waals surface area contributed by atoms with Crippen molar-refractivity contribution in [2.45, 2.75) is 45.2 Å². The van der Waals surface area contributed by atoms with E-state index in [1.54, 1.807) is 13.3 Å². The number of sulfonamides is 1. The topological polar surface area (TPSA) is 84.3 Å². The fourth-order valence-corrected chi connectivity index (χ4v) is 4.58. The van der Waals surface area contributed by atoms with Crippen LogP contribution >= 0.6 is 0 Å². The van der Waals surface area contributed by atoms with Gasteiger partial charge < -0.3 is 9.88 Å². The fraction of sp³-hybridized carbons (Fsp3) is 0.733. The molecule has 2 aliphatic heterocycles. The number of aryl methyl sites for hydroxylation is 1. The van der Waals surface area contributed by atoms with Gasteiger partial charge in [0, 0.05) is 37.6 Å². The van der Waals surface area contributed by atoms with Crippen LogP contribution in [-0.4, -0.2) is 53.1 Å². The molecule has 0 bridgehead atoms. The van der Waals surface area contributed by atoms with Crippen molar-refractivity contribution in [3.8, 4) is 0 Å². The maximum Gasteiger partial charge on any atom is 0.224 e. The lowest BCUT2D eigenvalue weighted by Gasteiger charge is -2.32. The van der Waals surface area contributed by atoms with Gasteiger partial charge in [0.25, 0.3) is 0 Å². The molecule has 7 nitrogen and oxygen atoms in total. The van der Waals surface area contributed by atoms with Gasteiger partial charge in [0.1, 0.15) is 0 Å². The summed E-state index contributed by atoms with van der Waals surface area (Å²) in [6.07, 6.45) is 6.97. The zero-order chi connectivity index (χ0) is 16.4. The van der Waals surface area contributed by atoms with Gasteiger partial charge in [0.15, 0.2) is 0 Å². The molecule has 1 saturated heterocycles. The minimum Gasteiger partial charge on any atom is -0.351 e. The van der Waals surface area contributed by atoms with Crippen LogP contribution in [0.4, 0.5) is 0 Å². The number of rotatable bonds is 4. The summed E-state index contributed by atoms with van der Waals surface area (Å²) in [6, 6.07) is 0.0994. The Morgan fingerprint density at radius 1 is 1.39 bits per heavy atom. The number of fused-ring (bicyclic) bond motifs is 1. The first-order valence-corrected chi connectivity index (χ1v) is 9.87. The van der Waals surface area contributed by atoms with Gasteiger partial charge in [-0.15, -0.1) is 0 Å². The summed E-state index contributed by atoms with van der Waals surface area (Å²) >= 11 is 0. The first kappa shape index (κ1) is 16.4. The molecule has 1 N–H and O–H groups in total. The second-order valence-electron chi connectivity index (χ2n) is 6.38. The van der Waals surface area contributed by atoms with Crippen molar-refractivity contribution in [1.29, 1.82) is 0 Å². The Labute approximate surface area is 137 Å². The van der Waals surface area contributed by atoms with E-state index in [2.05, 4.69) is 14.9 Å². The summed E-state index contributed by atoms with van der Waals surface area (Å²) in [7, 11) is -3.21. The molecule has 0 spiro atoms. The highest BCUT2D eigenvalue weighted by atomic mass is 32.2. The van der Waals surface area contributed by atoms with Gasteiger partial charge in [-0.2, -0.15) is 0 Å². The number of nitrogens with one attached hydrogen (secondary N) is 1. The zero-order valence-corrected chi connectivity index (χ0v) is 14.3. The van der Waals surface area contributed by atoms with E-state index in [9.17, 15) is 13.2 Å². The number of piperidine rings is 1. The monoisotopic (exact) mass is 340 g/mol. The summed E-state index contributed by atoms with van der Waals surface area (Å²) in [5.41, 5.74) is 1.20. The molecule has 2 aliphatic rings. The molecule has 3 heterocycles. The van der Waals surface area contributed by atoms with Gasteiger partial charge in [-0.25, -0.2) is 17.7 Å². The van der Waals surface area contributed by atoms with E-state index < -0.39 is 10.0 Å². The van der Waals surface area contributed by atoms with Crippen LogP contribution in [0.5, 0.6) is 0 Å². The molecule has 0 radical (unpaired) electrons. The van der Waals surface area contributed by atoms with Gasteiger partial charge in [0.2, 0.25) is 15.9 Å². The molecule has 0 aliphatic carbocycles. The third kappa shape index (κ3) is 3.58. The van der Waals surface area contributed by atoms with Gasteiger partial charge in [0.05, 0.1) is 18.0 Å². The molecule has 2 unspecified atom stereocenters. The second kappa shape index (κ2) is 6.60. The highest BCUT2D eigenvalue weighted by Gasteiger charge is 2.32. The predicted octanol–water partition coefficient (Wildman–Crippen LogP) is 0.376. The van der Waals surface area contributed by atoms with Gasteiger partial charge in [-0.1, -0.05) is 0 Å². The molecule has 0 saturated carbocycles. The first-order valence-electron chi connectivity index (χ1n) is 8.27. The van der Waals surface area contributed by atoms with Crippen LogP contribution in [0, 0.1) is 5.92 Å². The van der Waals surface area contributed by atoms with E-state index in [-0.39, 0.29) is 23.6 Å². The minimum absolute atomic E-state index is 0.0189. The predicted molar refractivity (Wildman–Crippen MR) is 86.2 cm³/mol. The Hall–Kier alpha value is -1.41.